The molecule has 29 heavy (non-hydrogen) atoms. The molecule has 0 aromatic heterocycles. The van der Waals surface area contributed by atoms with Gasteiger partial charge in [-0.05, 0) is 38.1 Å². The highest BCUT2D eigenvalue weighted by Gasteiger charge is 2.09. The van der Waals surface area contributed by atoms with Gasteiger partial charge in [0, 0.05) is 59.9 Å². The Bertz CT molecular complexity index is 1080. The molecule has 1 aliphatic rings. The zero-order valence-electron chi connectivity index (χ0n) is 16.7. The second-order valence-corrected chi connectivity index (χ2v) is 7.26. The molecular formula is C26H25N3+2. The molecule has 0 amide bonds. The molecule has 3 aromatic carbocycles. The summed E-state index contributed by atoms with van der Waals surface area (Å²) in [4.78, 5) is 6.87. The van der Waals surface area contributed by atoms with Gasteiger partial charge < -0.3 is 5.32 Å². The van der Waals surface area contributed by atoms with E-state index in [4.69, 9.17) is 0 Å². The van der Waals surface area contributed by atoms with E-state index in [2.05, 4.69) is 126 Å². The number of allylic oxidation sites excluding steroid dienone is 4. The van der Waals surface area contributed by atoms with E-state index in [1.54, 1.807) is 0 Å². The zero-order chi connectivity index (χ0) is 20.1. The highest BCUT2D eigenvalue weighted by Crippen LogP contribution is 2.17. The Morgan fingerprint density at radius 3 is 1.28 bits per heavy atom. The van der Waals surface area contributed by atoms with Crippen LogP contribution in [-0.2, 0) is 0 Å². The van der Waals surface area contributed by atoms with Crippen LogP contribution in [0.25, 0.3) is 0 Å². The molecule has 1 aliphatic carbocycles. The summed E-state index contributed by atoms with van der Waals surface area (Å²) in [7, 11) is 0. The van der Waals surface area contributed by atoms with E-state index in [-0.39, 0.29) is 0 Å². The summed E-state index contributed by atoms with van der Waals surface area (Å²) in [6.07, 6.45) is 8.31. The van der Waals surface area contributed by atoms with Crippen LogP contribution < -0.4 is 15.3 Å². The average molecular weight is 380 g/mol. The Kier molecular flexibility index (Phi) is 5.48. The lowest BCUT2D eigenvalue weighted by atomic mass is 10.1. The molecule has 142 valence electrons. The molecule has 3 aromatic rings. The van der Waals surface area contributed by atoms with Crippen molar-refractivity contribution in [2.45, 2.75) is 13.8 Å². The number of hydrogen-bond donors (Lipinski definition) is 3. The molecule has 0 atom stereocenters. The van der Waals surface area contributed by atoms with Crippen molar-refractivity contribution >= 4 is 34.2 Å². The van der Waals surface area contributed by atoms with Gasteiger partial charge in [-0.1, -0.05) is 35.4 Å². The van der Waals surface area contributed by atoms with Crippen molar-refractivity contribution in [1.29, 1.82) is 0 Å². The lowest BCUT2D eigenvalue weighted by molar-refractivity contribution is -0.353. The Balaban J connectivity index is 1.41. The largest absolute Gasteiger partial charge is 0.356 e. The molecule has 0 aliphatic heterocycles. The van der Waals surface area contributed by atoms with E-state index in [9.17, 15) is 0 Å². The van der Waals surface area contributed by atoms with Crippen LogP contribution in [0.2, 0.25) is 0 Å². The van der Waals surface area contributed by atoms with Crippen molar-refractivity contribution in [3.8, 4) is 0 Å². The molecule has 4 rings (SSSR count). The van der Waals surface area contributed by atoms with Crippen molar-refractivity contribution in [2.75, 3.05) is 5.32 Å². The quantitative estimate of drug-likeness (QED) is 0.599. The predicted octanol–water partition coefficient (Wildman–Crippen LogP) is 3.18. The first-order valence-electron chi connectivity index (χ1n) is 9.79. The number of rotatable bonds is 4. The lowest BCUT2D eigenvalue weighted by Gasteiger charge is -2.06. The van der Waals surface area contributed by atoms with Crippen LogP contribution in [0.1, 0.15) is 11.1 Å². The van der Waals surface area contributed by atoms with Crippen LogP contribution in [0.4, 0.5) is 22.7 Å². The van der Waals surface area contributed by atoms with E-state index < -0.39 is 0 Å². The molecule has 0 spiro atoms. The fraction of sp³-hybridized carbons (Fsp3) is 0.0769. The Morgan fingerprint density at radius 2 is 0.828 bits per heavy atom. The summed E-state index contributed by atoms with van der Waals surface area (Å²) in [6.45, 7) is 4.19. The van der Waals surface area contributed by atoms with E-state index in [0.29, 0.717) is 0 Å². The third-order valence-corrected chi connectivity index (χ3v) is 4.74. The molecule has 0 unspecified atom stereocenters. The third kappa shape index (κ3) is 5.17. The first-order valence-corrected chi connectivity index (χ1v) is 9.79. The summed E-state index contributed by atoms with van der Waals surface area (Å²) in [5.41, 5.74) is 8.94. The molecule has 3 nitrogen and oxygen atoms in total. The Morgan fingerprint density at radius 1 is 0.483 bits per heavy atom. The van der Waals surface area contributed by atoms with Crippen molar-refractivity contribution in [2.24, 2.45) is 0 Å². The van der Waals surface area contributed by atoms with Gasteiger partial charge in [-0.2, -0.15) is 0 Å². The normalized spacial score (nSPS) is 12.8. The maximum atomic E-state index is 3.45. The summed E-state index contributed by atoms with van der Waals surface area (Å²) in [5.74, 6) is 0. The summed E-state index contributed by atoms with van der Waals surface area (Å²) >= 11 is 0. The van der Waals surface area contributed by atoms with Crippen LogP contribution >= 0.6 is 0 Å². The second kappa shape index (κ2) is 8.53. The van der Waals surface area contributed by atoms with Gasteiger partial charge in [-0.3, -0.25) is 0 Å². The number of benzene rings is 3. The van der Waals surface area contributed by atoms with E-state index >= 15 is 0 Å². The first kappa shape index (κ1) is 18.6. The van der Waals surface area contributed by atoms with E-state index in [1.165, 1.54) is 11.1 Å². The van der Waals surface area contributed by atoms with Crippen LogP contribution in [0.15, 0.2) is 97.1 Å². The molecule has 0 saturated carbocycles. The standard InChI is InChI=1S/C26H23N3/c1-19-3-7-21(8-4-19)27-23-11-15-25(16-12-23)29-26-17-13-24(14-18-26)28-22-9-5-20(2)6-10-22/h3-18,27H,1-2H3/p+2. The van der Waals surface area contributed by atoms with Crippen molar-refractivity contribution in [1.82, 2.24) is 0 Å². The highest BCUT2D eigenvalue weighted by atomic mass is 14.9. The first-order chi connectivity index (χ1) is 14.1. The molecule has 0 radical (unpaired) electrons. The van der Waals surface area contributed by atoms with Gasteiger partial charge in [0.15, 0.2) is 0 Å². The van der Waals surface area contributed by atoms with Gasteiger partial charge in [0.05, 0.1) is 0 Å². The minimum Gasteiger partial charge on any atom is -0.356 e. The summed E-state index contributed by atoms with van der Waals surface area (Å²) in [5, 5.41) is 3.42. The van der Waals surface area contributed by atoms with Gasteiger partial charge in [0.1, 0.15) is 0 Å². The number of hydrogen-bond acceptors (Lipinski definition) is 1. The Hall–Kier alpha value is -3.72. The van der Waals surface area contributed by atoms with Crippen molar-refractivity contribution in [3.63, 3.8) is 0 Å². The molecule has 3 N–H and O–H groups in total. The van der Waals surface area contributed by atoms with E-state index in [0.717, 1.165) is 34.2 Å². The lowest BCUT2D eigenvalue weighted by Crippen LogP contribution is -2.68. The van der Waals surface area contributed by atoms with Crippen molar-refractivity contribution < 1.29 is 9.98 Å². The second-order valence-electron chi connectivity index (χ2n) is 7.26. The third-order valence-electron chi connectivity index (χ3n) is 4.74. The molecule has 3 heteroatoms. The maximum Gasteiger partial charge on any atom is 0.204 e. The minimum atomic E-state index is 1.05. The highest BCUT2D eigenvalue weighted by molar-refractivity contribution is 6.14. The SMILES string of the molecule is Cc1ccc(Nc2ccc([NH+]=C3C=CC(=[NH+]c4ccc(C)cc4)C=C3)cc2)cc1. The Labute approximate surface area is 171 Å². The monoisotopic (exact) mass is 379 g/mol. The average Bonchev–Trinajstić information content (AvgIpc) is 2.74. The zero-order valence-corrected chi connectivity index (χ0v) is 16.7. The summed E-state index contributed by atoms with van der Waals surface area (Å²) in [6, 6.07) is 25.1. The van der Waals surface area contributed by atoms with Crippen LogP contribution in [0.5, 0.6) is 0 Å². The fourth-order valence-corrected chi connectivity index (χ4v) is 3.05. The van der Waals surface area contributed by atoms with E-state index in [1.807, 2.05) is 0 Å². The van der Waals surface area contributed by atoms with Crippen LogP contribution in [0.3, 0.4) is 0 Å². The maximum absolute atomic E-state index is 3.45. The molecule has 0 saturated heterocycles. The van der Waals surface area contributed by atoms with Gasteiger partial charge in [0.2, 0.25) is 22.8 Å². The van der Waals surface area contributed by atoms with Gasteiger partial charge in [-0.25, -0.2) is 9.98 Å². The molecule has 0 heterocycles. The topological polar surface area (TPSA) is 40.0 Å². The predicted molar refractivity (Wildman–Crippen MR) is 122 cm³/mol. The number of nitrogens with one attached hydrogen (secondary N) is 3. The number of anilines is 2. The molecule has 0 fully saturated rings. The molecule has 0 bridgehead atoms. The van der Waals surface area contributed by atoms with Crippen LogP contribution in [-0.4, -0.2) is 11.4 Å². The van der Waals surface area contributed by atoms with Gasteiger partial charge in [-0.15, -0.1) is 0 Å². The molecular weight excluding hydrogens is 354 g/mol. The smallest absolute Gasteiger partial charge is 0.204 e. The summed E-state index contributed by atoms with van der Waals surface area (Å²) < 4.78 is 0. The minimum absolute atomic E-state index is 1.05. The van der Waals surface area contributed by atoms with Gasteiger partial charge >= 0.3 is 0 Å². The van der Waals surface area contributed by atoms with Gasteiger partial charge in [0.25, 0.3) is 0 Å². The fourth-order valence-electron chi connectivity index (χ4n) is 3.05. The van der Waals surface area contributed by atoms with Crippen LogP contribution in [0, 0.1) is 13.8 Å². The van der Waals surface area contributed by atoms with Crippen molar-refractivity contribution in [3.05, 3.63) is 108 Å². The number of aryl methyl sites for hydroxylation is 2.